The Bertz CT molecular complexity index is 852. The minimum atomic E-state index is -0.620. The Morgan fingerprint density at radius 2 is 1.48 bits per heavy atom. The summed E-state index contributed by atoms with van der Waals surface area (Å²) in [6.45, 7) is 7.28. The highest BCUT2D eigenvalue weighted by molar-refractivity contribution is 6.31. The standard InChI is InChI=1S/C19H23ClN2O5/c1-10(2)21-18(23)26-15-9-16(25-5)17(27-19(24)22-11(3)4)13-7-6-12(20)8-14(13)15/h6-11H,1-5H3,(H,21,23)(H,22,24). The summed E-state index contributed by atoms with van der Waals surface area (Å²) in [6, 6.07) is 6.25. The number of methoxy groups -OCH3 is 1. The fraction of sp³-hybridized carbons (Fsp3) is 0.368. The van der Waals surface area contributed by atoms with Crippen molar-refractivity contribution in [2.75, 3.05) is 7.11 Å². The Kier molecular flexibility index (Phi) is 6.74. The van der Waals surface area contributed by atoms with E-state index in [2.05, 4.69) is 10.6 Å². The van der Waals surface area contributed by atoms with Crippen LogP contribution in [0, 0.1) is 0 Å². The highest BCUT2D eigenvalue weighted by Crippen LogP contribution is 2.42. The number of amides is 2. The molecular weight excluding hydrogens is 372 g/mol. The molecule has 27 heavy (non-hydrogen) atoms. The molecular formula is C19H23ClN2O5. The Morgan fingerprint density at radius 3 is 2.04 bits per heavy atom. The van der Waals surface area contributed by atoms with E-state index in [4.69, 9.17) is 25.8 Å². The van der Waals surface area contributed by atoms with Crippen LogP contribution >= 0.6 is 11.6 Å². The van der Waals surface area contributed by atoms with Crippen LogP contribution in [0.1, 0.15) is 27.7 Å². The SMILES string of the molecule is COc1cc(OC(=O)NC(C)C)c2cc(Cl)ccc2c1OC(=O)NC(C)C. The van der Waals surface area contributed by atoms with Gasteiger partial charge in [-0.1, -0.05) is 11.6 Å². The quantitative estimate of drug-likeness (QED) is 0.780. The van der Waals surface area contributed by atoms with Crippen LogP contribution in [0.25, 0.3) is 10.8 Å². The number of carbonyl (C=O) groups excluding carboxylic acids is 2. The van der Waals surface area contributed by atoms with Gasteiger partial charge in [-0.15, -0.1) is 0 Å². The fourth-order valence-corrected chi connectivity index (χ4v) is 2.55. The molecule has 0 unspecified atom stereocenters. The van der Waals surface area contributed by atoms with E-state index in [1.54, 1.807) is 18.2 Å². The maximum atomic E-state index is 12.1. The third-order valence-electron chi connectivity index (χ3n) is 3.41. The van der Waals surface area contributed by atoms with Gasteiger partial charge in [0.1, 0.15) is 5.75 Å². The number of halogens is 1. The normalized spacial score (nSPS) is 10.8. The van der Waals surface area contributed by atoms with Gasteiger partial charge < -0.3 is 24.8 Å². The number of nitrogens with one attached hydrogen (secondary N) is 2. The van der Waals surface area contributed by atoms with E-state index in [0.717, 1.165) is 0 Å². The van der Waals surface area contributed by atoms with Crippen LogP contribution in [-0.4, -0.2) is 31.4 Å². The molecule has 7 nitrogen and oxygen atoms in total. The zero-order valence-corrected chi connectivity index (χ0v) is 16.6. The van der Waals surface area contributed by atoms with Gasteiger partial charge in [-0.2, -0.15) is 0 Å². The topological polar surface area (TPSA) is 85.9 Å². The molecule has 0 radical (unpaired) electrons. The Hall–Kier alpha value is -2.67. The van der Waals surface area contributed by atoms with Gasteiger partial charge in [0.15, 0.2) is 11.5 Å². The molecule has 2 rings (SSSR count). The monoisotopic (exact) mass is 394 g/mol. The number of carbonyl (C=O) groups is 2. The summed E-state index contributed by atoms with van der Waals surface area (Å²) in [5.74, 6) is 0.689. The molecule has 8 heteroatoms. The van der Waals surface area contributed by atoms with Crippen LogP contribution in [0.3, 0.4) is 0 Å². The summed E-state index contributed by atoms with van der Waals surface area (Å²) < 4.78 is 16.2. The second-order valence-corrected chi connectivity index (χ2v) is 6.91. The average Bonchev–Trinajstić information content (AvgIpc) is 2.55. The van der Waals surface area contributed by atoms with Crippen molar-refractivity contribution >= 4 is 34.6 Å². The first-order chi connectivity index (χ1) is 12.7. The number of hydrogen-bond acceptors (Lipinski definition) is 5. The number of hydrogen-bond donors (Lipinski definition) is 2. The molecule has 0 atom stereocenters. The van der Waals surface area contributed by atoms with Crippen LogP contribution < -0.4 is 24.8 Å². The van der Waals surface area contributed by atoms with E-state index in [1.807, 2.05) is 27.7 Å². The largest absolute Gasteiger partial charge is 0.493 e. The predicted octanol–water partition coefficient (Wildman–Crippen LogP) is 4.50. The smallest absolute Gasteiger partial charge is 0.412 e. The van der Waals surface area contributed by atoms with Gasteiger partial charge in [-0.05, 0) is 45.9 Å². The van der Waals surface area contributed by atoms with Crippen molar-refractivity contribution in [2.24, 2.45) is 0 Å². The highest BCUT2D eigenvalue weighted by atomic mass is 35.5. The molecule has 0 saturated carbocycles. The second-order valence-electron chi connectivity index (χ2n) is 6.47. The fourth-order valence-electron chi connectivity index (χ4n) is 2.38. The molecule has 0 aromatic heterocycles. The van der Waals surface area contributed by atoms with Crippen molar-refractivity contribution in [1.29, 1.82) is 0 Å². The third kappa shape index (κ3) is 5.40. The summed E-state index contributed by atoms with van der Waals surface area (Å²) in [5.41, 5.74) is 0. The Labute approximate surface area is 162 Å². The summed E-state index contributed by atoms with van der Waals surface area (Å²) in [4.78, 5) is 24.1. The molecule has 0 fully saturated rings. The van der Waals surface area contributed by atoms with E-state index in [9.17, 15) is 9.59 Å². The van der Waals surface area contributed by atoms with Gasteiger partial charge >= 0.3 is 12.2 Å². The van der Waals surface area contributed by atoms with Crippen LogP contribution in [0.15, 0.2) is 24.3 Å². The van der Waals surface area contributed by atoms with E-state index in [-0.39, 0.29) is 29.3 Å². The lowest BCUT2D eigenvalue weighted by Gasteiger charge is -2.17. The first-order valence-corrected chi connectivity index (χ1v) is 8.86. The first-order valence-electron chi connectivity index (χ1n) is 8.48. The molecule has 2 amide bonds. The first kappa shape index (κ1) is 20.6. The van der Waals surface area contributed by atoms with Gasteiger partial charge in [0.25, 0.3) is 0 Å². The van der Waals surface area contributed by atoms with Gasteiger partial charge in [0.05, 0.1) is 7.11 Å². The van der Waals surface area contributed by atoms with Gasteiger partial charge in [0, 0.05) is 33.9 Å². The summed E-state index contributed by atoms with van der Waals surface area (Å²) in [6.07, 6.45) is -1.23. The van der Waals surface area contributed by atoms with Crippen LogP contribution in [-0.2, 0) is 0 Å². The Balaban J connectivity index is 2.53. The van der Waals surface area contributed by atoms with Crippen molar-refractivity contribution in [1.82, 2.24) is 10.6 Å². The number of rotatable bonds is 5. The molecule has 0 heterocycles. The van der Waals surface area contributed by atoms with Crippen molar-refractivity contribution in [3.05, 3.63) is 29.3 Å². The van der Waals surface area contributed by atoms with Gasteiger partial charge in [-0.3, -0.25) is 0 Å². The molecule has 0 aliphatic carbocycles. The minimum Gasteiger partial charge on any atom is -0.493 e. The number of benzene rings is 2. The molecule has 0 aliphatic rings. The number of fused-ring (bicyclic) bond motifs is 1. The van der Waals surface area contributed by atoms with Crippen LogP contribution in [0.4, 0.5) is 9.59 Å². The van der Waals surface area contributed by atoms with Gasteiger partial charge in [0.2, 0.25) is 0 Å². The maximum Gasteiger partial charge on any atom is 0.412 e. The molecule has 2 aromatic carbocycles. The molecule has 146 valence electrons. The predicted molar refractivity (Wildman–Crippen MR) is 104 cm³/mol. The van der Waals surface area contributed by atoms with Crippen molar-refractivity contribution in [2.45, 2.75) is 39.8 Å². The zero-order valence-electron chi connectivity index (χ0n) is 15.9. The summed E-state index contributed by atoms with van der Waals surface area (Å²) >= 11 is 6.10. The molecule has 2 aromatic rings. The maximum absolute atomic E-state index is 12.1. The third-order valence-corrected chi connectivity index (χ3v) is 3.64. The average molecular weight is 395 g/mol. The highest BCUT2D eigenvalue weighted by Gasteiger charge is 2.20. The van der Waals surface area contributed by atoms with Crippen molar-refractivity contribution in [3.8, 4) is 17.2 Å². The van der Waals surface area contributed by atoms with E-state index in [0.29, 0.717) is 15.8 Å². The Morgan fingerprint density at radius 1 is 0.889 bits per heavy atom. The molecule has 0 saturated heterocycles. The zero-order chi connectivity index (χ0) is 20.1. The van der Waals surface area contributed by atoms with E-state index >= 15 is 0 Å². The van der Waals surface area contributed by atoms with Crippen LogP contribution in [0.5, 0.6) is 17.2 Å². The lowest BCUT2D eigenvalue weighted by molar-refractivity contribution is 0.194. The summed E-state index contributed by atoms with van der Waals surface area (Å²) in [7, 11) is 1.43. The van der Waals surface area contributed by atoms with Gasteiger partial charge in [-0.25, -0.2) is 9.59 Å². The minimum absolute atomic E-state index is 0.0865. The number of ether oxygens (including phenoxy) is 3. The van der Waals surface area contributed by atoms with Crippen molar-refractivity contribution in [3.63, 3.8) is 0 Å². The molecule has 0 aliphatic heterocycles. The molecule has 0 spiro atoms. The molecule has 0 bridgehead atoms. The summed E-state index contributed by atoms with van der Waals surface area (Å²) in [5, 5.41) is 6.77. The second kappa shape index (κ2) is 8.81. The van der Waals surface area contributed by atoms with E-state index in [1.165, 1.54) is 13.2 Å². The van der Waals surface area contributed by atoms with E-state index < -0.39 is 12.2 Å². The lowest BCUT2D eigenvalue weighted by atomic mass is 10.1. The molecule has 2 N–H and O–H groups in total. The van der Waals surface area contributed by atoms with Crippen LogP contribution in [0.2, 0.25) is 5.02 Å². The van der Waals surface area contributed by atoms with Crippen molar-refractivity contribution < 1.29 is 23.8 Å². The lowest BCUT2D eigenvalue weighted by Crippen LogP contribution is -2.33.